The highest BCUT2D eigenvalue weighted by atomic mass is 35.5. The van der Waals surface area contributed by atoms with Crippen molar-refractivity contribution in [2.24, 2.45) is 5.73 Å². The van der Waals surface area contributed by atoms with Crippen LogP contribution in [0.15, 0.2) is 42.5 Å². The summed E-state index contributed by atoms with van der Waals surface area (Å²) in [5.41, 5.74) is 6.14. The van der Waals surface area contributed by atoms with E-state index in [0.717, 1.165) is 0 Å². The fraction of sp³-hybridized carbons (Fsp3) is 0.0667. The standard InChI is InChI=1S/C15H13ClN2O3/c1-21-13-5-3-2-4-10(13)15(20)18-12-8-9(14(17)19)6-7-11(12)16/h2-8H,1H3,(H2,17,19)(H,18,20). The molecular formula is C15H13ClN2O3. The second kappa shape index (κ2) is 6.28. The summed E-state index contributed by atoms with van der Waals surface area (Å²) in [6.07, 6.45) is 0. The number of benzene rings is 2. The van der Waals surface area contributed by atoms with E-state index in [2.05, 4.69) is 5.32 Å². The minimum Gasteiger partial charge on any atom is -0.496 e. The van der Waals surface area contributed by atoms with Gasteiger partial charge in [-0.05, 0) is 30.3 Å². The van der Waals surface area contributed by atoms with Crippen LogP contribution in [0.2, 0.25) is 5.02 Å². The van der Waals surface area contributed by atoms with Gasteiger partial charge in [0.25, 0.3) is 5.91 Å². The maximum absolute atomic E-state index is 12.3. The molecule has 2 aromatic carbocycles. The number of ether oxygens (including phenoxy) is 1. The molecule has 0 unspecified atom stereocenters. The van der Waals surface area contributed by atoms with E-state index in [1.54, 1.807) is 24.3 Å². The van der Waals surface area contributed by atoms with E-state index in [9.17, 15) is 9.59 Å². The maximum atomic E-state index is 12.3. The van der Waals surface area contributed by atoms with E-state index < -0.39 is 11.8 Å². The third kappa shape index (κ3) is 3.32. The van der Waals surface area contributed by atoms with Crippen LogP contribution < -0.4 is 15.8 Å². The summed E-state index contributed by atoms with van der Waals surface area (Å²) in [5, 5.41) is 2.95. The van der Waals surface area contributed by atoms with E-state index in [1.807, 2.05) is 0 Å². The van der Waals surface area contributed by atoms with Gasteiger partial charge in [-0.15, -0.1) is 0 Å². The molecule has 0 atom stereocenters. The number of hydrogen-bond acceptors (Lipinski definition) is 3. The Morgan fingerprint density at radius 1 is 1.19 bits per heavy atom. The van der Waals surface area contributed by atoms with Crippen molar-refractivity contribution in [3.05, 3.63) is 58.6 Å². The maximum Gasteiger partial charge on any atom is 0.259 e. The minimum atomic E-state index is -0.598. The molecule has 6 heteroatoms. The van der Waals surface area contributed by atoms with Crippen LogP contribution in [0.4, 0.5) is 5.69 Å². The van der Waals surface area contributed by atoms with Crippen molar-refractivity contribution >= 4 is 29.1 Å². The molecule has 5 nitrogen and oxygen atoms in total. The first kappa shape index (κ1) is 14.9. The summed E-state index contributed by atoms with van der Waals surface area (Å²) >= 11 is 6.01. The second-order valence-electron chi connectivity index (χ2n) is 4.21. The lowest BCUT2D eigenvalue weighted by Crippen LogP contribution is -2.15. The Kier molecular flexibility index (Phi) is 4.45. The first-order valence-electron chi connectivity index (χ1n) is 6.06. The fourth-order valence-electron chi connectivity index (χ4n) is 1.80. The predicted molar refractivity (Wildman–Crippen MR) is 80.9 cm³/mol. The zero-order chi connectivity index (χ0) is 15.4. The highest BCUT2D eigenvalue weighted by Gasteiger charge is 2.14. The Bertz CT molecular complexity index is 701. The van der Waals surface area contributed by atoms with Crippen LogP contribution in [-0.4, -0.2) is 18.9 Å². The quantitative estimate of drug-likeness (QED) is 0.911. The molecule has 0 aliphatic carbocycles. The molecule has 3 N–H and O–H groups in total. The van der Waals surface area contributed by atoms with Crippen molar-refractivity contribution in [3.8, 4) is 5.75 Å². The molecule has 0 heterocycles. The van der Waals surface area contributed by atoms with Crippen LogP contribution in [0.25, 0.3) is 0 Å². The number of para-hydroxylation sites is 1. The van der Waals surface area contributed by atoms with Gasteiger partial charge in [0.1, 0.15) is 5.75 Å². The summed E-state index contributed by atoms with van der Waals surface area (Å²) < 4.78 is 5.13. The minimum absolute atomic E-state index is 0.259. The van der Waals surface area contributed by atoms with Gasteiger partial charge in [0.05, 0.1) is 23.4 Å². The fourth-order valence-corrected chi connectivity index (χ4v) is 1.96. The first-order valence-corrected chi connectivity index (χ1v) is 6.44. The van der Waals surface area contributed by atoms with Gasteiger partial charge < -0.3 is 15.8 Å². The van der Waals surface area contributed by atoms with Crippen molar-refractivity contribution in [3.63, 3.8) is 0 Å². The number of carbonyl (C=O) groups excluding carboxylic acids is 2. The number of nitrogens with one attached hydrogen (secondary N) is 1. The molecule has 0 radical (unpaired) electrons. The lowest BCUT2D eigenvalue weighted by atomic mass is 10.1. The van der Waals surface area contributed by atoms with Crippen LogP contribution >= 0.6 is 11.6 Å². The lowest BCUT2D eigenvalue weighted by molar-refractivity contribution is 0.0995. The highest BCUT2D eigenvalue weighted by molar-refractivity contribution is 6.34. The molecule has 2 amide bonds. The second-order valence-corrected chi connectivity index (χ2v) is 4.62. The Balaban J connectivity index is 2.31. The smallest absolute Gasteiger partial charge is 0.259 e. The van der Waals surface area contributed by atoms with Gasteiger partial charge in [-0.2, -0.15) is 0 Å². The van der Waals surface area contributed by atoms with E-state index in [1.165, 1.54) is 25.3 Å². The summed E-state index contributed by atoms with van der Waals surface area (Å²) in [6.45, 7) is 0. The molecule has 0 aromatic heterocycles. The van der Waals surface area contributed by atoms with Crippen molar-refractivity contribution < 1.29 is 14.3 Å². The summed E-state index contributed by atoms with van der Waals surface area (Å²) in [5.74, 6) is -0.549. The summed E-state index contributed by atoms with van der Waals surface area (Å²) in [6, 6.07) is 11.2. The number of nitrogens with two attached hydrogens (primary N) is 1. The molecule has 0 bridgehead atoms. The number of carbonyl (C=O) groups is 2. The number of hydrogen-bond donors (Lipinski definition) is 2. The zero-order valence-electron chi connectivity index (χ0n) is 11.2. The Hall–Kier alpha value is -2.53. The largest absolute Gasteiger partial charge is 0.496 e. The monoisotopic (exact) mass is 304 g/mol. The SMILES string of the molecule is COc1ccccc1C(=O)Nc1cc(C(N)=O)ccc1Cl. The first-order chi connectivity index (χ1) is 10.0. The average Bonchev–Trinajstić information content (AvgIpc) is 2.49. The topological polar surface area (TPSA) is 81.4 Å². The van der Waals surface area contributed by atoms with E-state index >= 15 is 0 Å². The molecular weight excluding hydrogens is 292 g/mol. The van der Waals surface area contributed by atoms with Gasteiger partial charge in [-0.25, -0.2) is 0 Å². The molecule has 0 saturated carbocycles. The number of halogens is 1. The van der Waals surface area contributed by atoms with E-state index in [-0.39, 0.29) is 5.56 Å². The van der Waals surface area contributed by atoms with Crippen molar-refractivity contribution in [2.75, 3.05) is 12.4 Å². The summed E-state index contributed by atoms with van der Waals surface area (Å²) in [4.78, 5) is 23.4. The highest BCUT2D eigenvalue weighted by Crippen LogP contribution is 2.25. The third-order valence-electron chi connectivity index (χ3n) is 2.85. The molecule has 0 fully saturated rings. The van der Waals surface area contributed by atoms with Gasteiger partial charge in [-0.1, -0.05) is 23.7 Å². The lowest BCUT2D eigenvalue weighted by Gasteiger charge is -2.11. The molecule has 2 aromatic rings. The van der Waals surface area contributed by atoms with Crippen molar-refractivity contribution in [2.45, 2.75) is 0 Å². The van der Waals surface area contributed by atoms with Gasteiger partial charge in [0.2, 0.25) is 5.91 Å². The molecule has 2 rings (SSSR count). The normalized spacial score (nSPS) is 10.0. The van der Waals surface area contributed by atoms with Crippen LogP contribution in [-0.2, 0) is 0 Å². The molecule has 108 valence electrons. The molecule has 0 saturated heterocycles. The summed E-state index contributed by atoms with van der Waals surface area (Å²) in [7, 11) is 1.48. The zero-order valence-corrected chi connectivity index (χ0v) is 12.0. The van der Waals surface area contributed by atoms with E-state index in [4.69, 9.17) is 22.1 Å². The molecule has 0 aliphatic rings. The third-order valence-corrected chi connectivity index (χ3v) is 3.18. The van der Waals surface area contributed by atoms with Gasteiger partial charge >= 0.3 is 0 Å². The number of methoxy groups -OCH3 is 1. The van der Waals surface area contributed by atoms with Crippen LogP contribution in [0, 0.1) is 0 Å². The number of anilines is 1. The van der Waals surface area contributed by atoms with Crippen molar-refractivity contribution in [1.82, 2.24) is 0 Å². The predicted octanol–water partition coefficient (Wildman–Crippen LogP) is 2.70. The van der Waals surface area contributed by atoms with Gasteiger partial charge in [-0.3, -0.25) is 9.59 Å². The Morgan fingerprint density at radius 3 is 2.57 bits per heavy atom. The Labute approximate surface area is 126 Å². The molecule has 0 aliphatic heterocycles. The van der Waals surface area contributed by atoms with Gasteiger partial charge in [0.15, 0.2) is 0 Å². The van der Waals surface area contributed by atoms with Crippen LogP contribution in [0.5, 0.6) is 5.75 Å². The van der Waals surface area contributed by atoms with Gasteiger partial charge in [0, 0.05) is 5.56 Å². The number of rotatable bonds is 4. The average molecular weight is 305 g/mol. The Morgan fingerprint density at radius 2 is 1.90 bits per heavy atom. The molecule has 0 spiro atoms. The van der Waals surface area contributed by atoms with E-state index in [0.29, 0.717) is 22.0 Å². The molecule has 21 heavy (non-hydrogen) atoms. The van der Waals surface area contributed by atoms with Crippen molar-refractivity contribution in [1.29, 1.82) is 0 Å². The number of primary amides is 1. The number of amides is 2. The van der Waals surface area contributed by atoms with Crippen LogP contribution in [0.1, 0.15) is 20.7 Å². The van der Waals surface area contributed by atoms with Crippen LogP contribution in [0.3, 0.4) is 0 Å².